The second-order valence-electron chi connectivity index (χ2n) is 6.77. The summed E-state index contributed by atoms with van der Waals surface area (Å²) in [5.41, 5.74) is 5.00. The van der Waals surface area contributed by atoms with E-state index in [9.17, 15) is 4.79 Å². The molecule has 0 saturated heterocycles. The van der Waals surface area contributed by atoms with E-state index >= 15 is 0 Å². The minimum Gasteiger partial charge on any atom is -0.494 e. The van der Waals surface area contributed by atoms with Gasteiger partial charge in [0.25, 0.3) is 5.91 Å². The third-order valence-corrected chi connectivity index (χ3v) is 4.37. The monoisotopic (exact) mass is 402 g/mol. The van der Waals surface area contributed by atoms with Crippen molar-refractivity contribution in [1.29, 1.82) is 0 Å². The first-order chi connectivity index (χ1) is 14.7. The molecule has 0 spiro atoms. The highest BCUT2D eigenvalue weighted by atomic mass is 16.5. The van der Waals surface area contributed by atoms with E-state index in [2.05, 4.69) is 17.5 Å². The van der Waals surface area contributed by atoms with Crippen LogP contribution in [0.25, 0.3) is 0 Å². The Morgan fingerprint density at radius 2 is 1.73 bits per heavy atom. The van der Waals surface area contributed by atoms with E-state index in [1.165, 1.54) is 0 Å². The first-order valence-corrected chi connectivity index (χ1v) is 10.1. The van der Waals surface area contributed by atoms with Crippen molar-refractivity contribution in [3.63, 3.8) is 0 Å². The fraction of sp³-hybridized carbons (Fsp3) is 0.200. The van der Waals surface area contributed by atoms with Gasteiger partial charge in [-0.2, -0.15) is 5.10 Å². The Balaban J connectivity index is 1.50. The van der Waals surface area contributed by atoms with E-state index in [0.717, 1.165) is 35.5 Å². The summed E-state index contributed by atoms with van der Waals surface area (Å²) in [5, 5.41) is 4.05. The Bertz CT molecular complexity index is 954. The number of ether oxygens (including phenoxy) is 2. The molecule has 154 valence electrons. The average Bonchev–Trinajstić information content (AvgIpc) is 2.79. The van der Waals surface area contributed by atoms with Crippen LogP contribution in [0.5, 0.6) is 11.5 Å². The van der Waals surface area contributed by atoms with Gasteiger partial charge in [0.1, 0.15) is 18.1 Å². The van der Waals surface area contributed by atoms with Gasteiger partial charge in [-0.15, -0.1) is 0 Å². The zero-order valence-corrected chi connectivity index (χ0v) is 17.1. The van der Waals surface area contributed by atoms with Crippen LogP contribution >= 0.6 is 0 Å². The van der Waals surface area contributed by atoms with Crippen LogP contribution in [0.3, 0.4) is 0 Å². The zero-order chi connectivity index (χ0) is 21.0. The Hall–Kier alpha value is -3.60. The smallest absolute Gasteiger partial charge is 0.271 e. The van der Waals surface area contributed by atoms with E-state index in [-0.39, 0.29) is 5.91 Å². The van der Waals surface area contributed by atoms with Gasteiger partial charge < -0.3 is 9.47 Å². The van der Waals surface area contributed by atoms with Crippen LogP contribution in [-0.4, -0.2) is 18.7 Å². The number of hydrazone groups is 1. The van der Waals surface area contributed by atoms with Crippen LogP contribution in [0.1, 0.15) is 41.3 Å². The summed E-state index contributed by atoms with van der Waals surface area (Å²) in [5.74, 6) is 1.23. The molecule has 5 nitrogen and oxygen atoms in total. The number of unbranched alkanes of at least 4 members (excludes halogenated alkanes) is 1. The van der Waals surface area contributed by atoms with Gasteiger partial charge in [-0.3, -0.25) is 4.79 Å². The lowest BCUT2D eigenvalue weighted by molar-refractivity contribution is 0.0955. The molecular formula is C25H26N2O3. The molecule has 0 atom stereocenters. The van der Waals surface area contributed by atoms with E-state index in [4.69, 9.17) is 9.47 Å². The Morgan fingerprint density at radius 3 is 2.50 bits per heavy atom. The number of hydrogen-bond donors (Lipinski definition) is 1. The molecule has 3 aromatic carbocycles. The molecule has 3 rings (SSSR count). The lowest BCUT2D eigenvalue weighted by atomic mass is 10.2. The summed E-state index contributed by atoms with van der Waals surface area (Å²) >= 11 is 0. The summed E-state index contributed by atoms with van der Waals surface area (Å²) < 4.78 is 11.4. The van der Waals surface area contributed by atoms with Crippen LogP contribution in [-0.2, 0) is 6.61 Å². The van der Waals surface area contributed by atoms with E-state index in [1.54, 1.807) is 30.5 Å². The van der Waals surface area contributed by atoms with Gasteiger partial charge in [0.15, 0.2) is 0 Å². The van der Waals surface area contributed by atoms with Crippen LogP contribution in [0.4, 0.5) is 0 Å². The van der Waals surface area contributed by atoms with Crippen LogP contribution in [0.15, 0.2) is 84.0 Å². The first kappa shape index (κ1) is 21.1. The van der Waals surface area contributed by atoms with Crippen molar-refractivity contribution in [2.24, 2.45) is 5.10 Å². The van der Waals surface area contributed by atoms with Crippen molar-refractivity contribution in [3.8, 4) is 11.5 Å². The fourth-order valence-corrected chi connectivity index (χ4v) is 2.69. The molecular weight excluding hydrogens is 376 g/mol. The summed E-state index contributed by atoms with van der Waals surface area (Å²) in [6, 6.07) is 24.6. The van der Waals surface area contributed by atoms with Crippen LogP contribution < -0.4 is 14.9 Å². The molecule has 3 aromatic rings. The van der Waals surface area contributed by atoms with Crippen LogP contribution in [0, 0.1) is 0 Å². The predicted octanol–water partition coefficient (Wildman–Crippen LogP) is 5.21. The number of nitrogens with one attached hydrogen (secondary N) is 1. The van der Waals surface area contributed by atoms with Crippen molar-refractivity contribution in [2.75, 3.05) is 6.61 Å². The molecule has 0 aliphatic rings. The van der Waals surface area contributed by atoms with E-state index < -0.39 is 0 Å². The van der Waals surface area contributed by atoms with Gasteiger partial charge in [-0.05, 0) is 53.9 Å². The number of hydrogen-bond acceptors (Lipinski definition) is 4. The Kier molecular flexibility index (Phi) is 8.03. The van der Waals surface area contributed by atoms with Crippen molar-refractivity contribution in [1.82, 2.24) is 5.43 Å². The molecule has 1 amide bonds. The topological polar surface area (TPSA) is 59.9 Å². The molecule has 0 radical (unpaired) electrons. The minimum absolute atomic E-state index is 0.275. The Morgan fingerprint density at radius 1 is 0.933 bits per heavy atom. The second kappa shape index (κ2) is 11.4. The second-order valence-corrected chi connectivity index (χ2v) is 6.77. The molecule has 0 unspecified atom stereocenters. The van der Waals surface area contributed by atoms with Crippen molar-refractivity contribution < 1.29 is 14.3 Å². The van der Waals surface area contributed by atoms with Gasteiger partial charge in [0.2, 0.25) is 0 Å². The van der Waals surface area contributed by atoms with E-state index in [1.807, 2.05) is 54.6 Å². The maximum atomic E-state index is 12.2. The Labute approximate surface area is 177 Å². The summed E-state index contributed by atoms with van der Waals surface area (Å²) in [6.45, 7) is 3.29. The number of rotatable bonds is 10. The summed E-state index contributed by atoms with van der Waals surface area (Å²) in [6.07, 6.45) is 3.69. The highest BCUT2D eigenvalue weighted by Gasteiger charge is 2.04. The van der Waals surface area contributed by atoms with E-state index in [0.29, 0.717) is 18.8 Å². The number of amides is 1. The number of benzene rings is 3. The zero-order valence-electron chi connectivity index (χ0n) is 17.1. The maximum absolute atomic E-state index is 12.2. The highest BCUT2D eigenvalue weighted by molar-refractivity contribution is 5.95. The lowest BCUT2D eigenvalue weighted by Gasteiger charge is -2.07. The molecule has 5 heteroatoms. The fourth-order valence-electron chi connectivity index (χ4n) is 2.69. The lowest BCUT2D eigenvalue weighted by Crippen LogP contribution is -2.17. The normalized spacial score (nSPS) is 10.7. The van der Waals surface area contributed by atoms with Crippen molar-refractivity contribution in [3.05, 3.63) is 95.6 Å². The minimum atomic E-state index is -0.275. The van der Waals surface area contributed by atoms with Gasteiger partial charge in [0, 0.05) is 5.56 Å². The standard InChI is InChI=1S/C25H26N2O3/c1-2-3-16-29-23-14-12-22(13-15-23)25(28)27-26-18-21-10-7-11-24(17-21)30-19-20-8-5-4-6-9-20/h4-15,17-18H,2-3,16,19H2,1H3,(H,27,28)/b26-18+. The SMILES string of the molecule is CCCCOc1ccc(C(=O)N/N=C/c2cccc(OCc3ccccc3)c2)cc1. The molecule has 30 heavy (non-hydrogen) atoms. The first-order valence-electron chi connectivity index (χ1n) is 10.1. The van der Waals surface area contributed by atoms with Gasteiger partial charge >= 0.3 is 0 Å². The largest absolute Gasteiger partial charge is 0.494 e. The summed E-state index contributed by atoms with van der Waals surface area (Å²) in [7, 11) is 0. The molecule has 0 fully saturated rings. The third kappa shape index (κ3) is 6.78. The molecule has 1 N–H and O–H groups in total. The molecule has 0 aromatic heterocycles. The third-order valence-electron chi connectivity index (χ3n) is 4.37. The molecule has 0 bridgehead atoms. The number of carbonyl (C=O) groups excluding carboxylic acids is 1. The predicted molar refractivity (Wildman–Crippen MR) is 119 cm³/mol. The average molecular weight is 402 g/mol. The molecule has 0 aliphatic heterocycles. The van der Waals surface area contributed by atoms with Gasteiger partial charge in [-0.25, -0.2) is 5.43 Å². The van der Waals surface area contributed by atoms with Crippen molar-refractivity contribution in [2.45, 2.75) is 26.4 Å². The summed E-state index contributed by atoms with van der Waals surface area (Å²) in [4.78, 5) is 12.2. The maximum Gasteiger partial charge on any atom is 0.271 e. The highest BCUT2D eigenvalue weighted by Crippen LogP contribution is 2.15. The molecule has 0 aliphatic carbocycles. The van der Waals surface area contributed by atoms with Gasteiger partial charge in [0.05, 0.1) is 12.8 Å². The molecule has 0 saturated carbocycles. The van der Waals surface area contributed by atoms with Gasteiger partial charge in [-0.1, -0.05) is 55.8 Å². The quantitative estimate of drug-likeness (QED) is 0.288. The number of nitrogens with zero attached hydrogens (tertiary/aromatic N) is 1. The molecule has 0 heterocycles. The number of carbonyl (C=O) groups is 1. The van der Waals surface area contributed by atoms with Crippen LogP contribution in [0.2, 0.25) is 0 Å². The van der Waals surface area contributed by atoms with Crippen molar-refractivity contribution >= 4 is 12.1 Å².